The maximum Gasteiger partial charge on any atom is 0.0488 e. The second-order valence-electron chi connectivity index (χ2n) is 3.90. The van der Waals surface area contributed by atoms with Gasteiger partial charge in [0.1, 0.15) is 0 Å². The molecule has 2 rings (SSSR count). The second-order valence-corrected chi connectivity index (χ2v) is 5.35. The largest absolute Gasteiger partial charge is 0.370 e. The number of hydrogen-bond acceptors (Lipinski definition) is 2. The van der Waals surface area contributed by atoms with E-state index in [9.17, 15) is 0 Å². The van der Waals surface area contributed by atoms with Crippen LogP contribution in [0.1, 0.15) is 11.1 Å². The number of benzene rings is 1. The molecule has 0 aliphatic rings. The first-order valence-electron chi connectivity index (χ1n) is 5.27. The Morgan fingerprint density at radius 3 is 2.71 bits per heavy atom. The summed E-state index contributed by atoms with van der Waals surface area (Å²) in [5, 5.41) is 4.98. The van der Waals surface area contributed by atoms with E-state index in [0.717, 1.165) is 22.8 Å². The minimum Gasteiger partial charge on any atom is -0.370 e. The average molecular weight is 286 g/mol. The maximum absolute atomic E-state index is 6.15. The molecule has 0 bridgehead atoms. The third-order valence-corrected chi connectivity index (χ3v) is 3.99. The zero-order valence-electron chi connectivity index (χ0n) is 9.49. The van der Waals surface area contributed by atoms with Crippen molar-refractivity contribution in [2.45, 2.75) is 12.4 Å². The van der Waals surface area contributed by atoms with Gasteiger partial charge in [0.05, 0.1) is 0 Å². The van der Waals surface area contributed by atoms with Gasteiger partial charge < -0.3 is 4.90 Å². The molecule has 0 aliphatic heterocycles. The Kier molecular flexibility index (Phi) is 4.32. The Morgan fingerprint density at radius 2 is 2.12 bits per heavy atom. The van der Waals surface area contributed by atoms with Crippen molar-refractivity contribution in [3.8, 4) is 0 Å². The van der Waals surface area contributed by atoms with Crippen molar-refractivity contribution < 1.29 is 0 Å². The first-order chi connectivity index (χ1) is 8.20. The highest BCUT2D eigenvalue weighted by atomic mass is 35.5. The minimum absolute atomic E-state index is 0.452. The van der Waals surface area contributed by atoms with Gasteiger partial charge in [-0.3, -0.25) is 0 Å². The van der Waals surface area contributed by atoms with Gasteiger partial charge in [0.25, 0.3) is 0 Å². The van der Waals surface area contributed by atoms with E-state index >= 15 is 0 Å². The van der Waals surface area contributed by atoms with E-state index in [0.29, 0.717) is 5.88 Å². The first-order valence-corrected chi connectivity index (χ1v) is 7.13. The van der Waals surface area contributed by atoms with Gasteiger partial charge >= 0.3 is 0 Å². The van der Waals surface area contributed by atoms with Gasteiger partial charge in [-0.1, -0.05) is 17.7 Å². The predicted molar refractivity (Wildman–Crippen MR) is 77.4 cm³/mol. The van der Waals surface area contributed by atoms with Crippen LogP contribution in [0.25, 0.3) is 0 Å². The molecule has 0 radical (unpaired) electrons. The van der Waals surface area contributed by atoms with Crippen LogP contribution in [0.3, 0.4) is 0 Å². The lowest BCUT2D eigenvalue weighted by atomic mass is 10.2. The summed E-state index contributed by atoms with van der Waals surface area (Å²) in [5.74, 6) is 0.452. The lowest BCUT2D eigenvalue weighted by Crippen LogP contribution is -2.15. The summed E-state index contributed by atoms with van der Waals surface area (Å²) < 4.78 is 0. The van der Waals surface area contributed by atoms with Crippen LogP contribution in [-0.4, -0.2) is 7.05 Å². The third-order valence-electron chi connectivity index (χ3n) is 2.62. The smallest absolute Gasteiger partial charge is 0.0488 e. The summed E-state index contributed by atoms with van der Waals surface area (Å²) >= 11 is 13.6. The minimum atomic E-state index is 0.452. The number of hydrogen-bond donors (Lipinski definition) is 0. The number of thiophene rings is 1. The second kappa shape index (κ2) is 5.76. The molecule has 0 unspecified atom stereocenters. The van der Waals surface area contributed by atoms with Gasteiger partial charge in [0.2, 0.25) is 0 Å². The van der Waals surface area contributed by atoms with Crippen molar-refractivity contribution in [3.05, 3.63) is 51.2 Å². The highest BCUT2D eigenvalue weighted by molar-refractivity contribution is 7.07. The van der Waals surface area contributed by atoms with E-state index in [2.05, 4.69) is 34.8 Å². The number of halogens is 2. The van der Waals surface area contributed by atoms with Crippen LogP contribution in [0, 0.1) is 0 Å². The molecule has 0 saturated heterocycles. The fourth-order valence-electron chi connectivity index (χ4n) is 1.63. The summed E-state index contributed by atoms with van der Waals surface area (Å²) in [6, 6.07) is 8.13. The number of rotatable bonds is 4. The molecule has 2 aromatic rings. The van der Waals surface area contributed by atoms with Gasteiger partial charge in [0, 0.05) is 30.2 Å². The van der Waals surface area contributed by atoms with Gasteiger partial charge in [-0.15, -0.1) is 11.6 Å². The molecule has 90 valence electrons. The van der Waals surface area contributed by atoms with E-state index in [1.807, 2.05) is 12.1 Å². The normalized spacial score (nSPS) is 10.5. The van der Waals surface area contributed by atoms with Crippen molar-refractivity contribution >= 4 is 40.2 Å². The summed E-state index contributed by atoms with van der Waals surface area (Å²) in [6.45, 7) is 0.889. The maximum atomic E-state index is 6.15. The lowest BCUT2D eigenvalue weighted by Gasteiger charge is -2.19. The zero-order valence-corrected chi connectivity index (χ0v) is 11.8. The molecule has 1 aromatic heterocycles. The molecule has 0 atom stereocenters. The summed E-state index contributed by atoms with van der Waals surface area (Å²) in [6.07, 6.45) is 0. The van der Waals surface area contributed by atoms with E-state index in [-0.39, 0.29) is 0 Å². The van der Waals surface area contributed by atoms with E-state index < -0.39 is 0 Å². The number of alkyl halides is 1. The summed E-state index contributed by atoms with van der Waals surface area (Å²) in [5.41, 5.74) is 3.39. The molecule has 1 nitrogen and oxygen atoms in total. The monoisotopic (exact) mass is 285 g/mol. The molecular weight excluding hydrogens is 273 g/mol. The van der Waals surface area contributed by atoms with Crippen LogP contribution in [0.5, 0.6) is 0 Å². The molecule has 0 fully saturated rings. The Balaban J connectivity index is 2.14. The first kappa shape index (κ1) is 12.7. The predicted octanol–water partition coefficient (Wildman–Crippen LogP) is 4.78. The fourth-order valence-corrected chi connectivity index (χ4v) is 2.83. The molecule has 4 heteroatoms. The highest BCUT2D eigenvalue weighted by Gasteiger charge is 2.05. The van der Waals surface area contributed by atoms with Crippen molar-refractivity contribution in [1.29, 1.82) is 0 Å². The fraction of sp³-hybridized carbons (Fsp3) is 0.231. The van der Waals surface area contributed by atoms with Crippen molar-refractivity contribution in [3.63, 3.8) is 0 Å². The van der Waals surface area contributed by atoms with Crippen LogP contribution >= 0.6 is 34.5 Å². The molecule has 0 aliphatic carbocycles. The van der Waals surface area contributed by atoms with Gasteiger partial charge in [0.15, 0.2) is 0 Å². The van der Waals surface area contributed by atoms with Gasteiger partial charge in [-0.05, 0) is 40.1 Å². The third kappa shape index (κ3) is 3.15. The summed E-state index contributed by atoms with van der Waals surface area (Å²) in [7, 11) is 2.06. The van der Waals surface area contributed by atoms with Crippen LogP contribution in [0.15, 0.2) is 35.0 Å². The van der Waals surface area contributed by atoms with Gasteiger partial charge in [-0.25, -0.2) is 0 Å². The average Bonchev–Trinajstić information content (AvgIpc) is 2.81. The van der Waals surface area contributed by atoms with Crippen LogP contribution in [0.4, 0.5) is 5.69 Å². The van der Waals surface area contributed by atoms with E-state index in [1.165, 1.54) is 5.56 Å². The van der Waals surface area contributed by atoms with Gasteiger partial charge in [-0.2, -0.15) is 11.3 Å². The molecular formula is C13H13Cl2NS. The molecule has 1 aromatic carbocycles. The Bertz CT molecular complexity index is 482. The summed E-state index contributed by atoms with van der Waals surface area (Å²) in [4.78, 5) is 2.17. The van der Waals surface area contributed by atoms with Crippen LogP contribution in [-0.2, 0) is 12.4 Å². The number of anilines is 1. The van der Waals surface area contributed by atoms with E-state index in [1.54, 1.807) is 11.3 Å². The van der Waals surface area contributed by atoms with Crippen molar-refractivity contribution in [2.24, 2.45) is 0 Å². The van der Waals surface area contributed by atoms with Crippen LogP contribution in [0.2, 0.25) is 5.02 Å². The highest BCUT2D eigenvalue weighted by Crippen LogP contribution is 2.25. The molecule has 1 heterocycles. The Hall–Kier alpha value is -0.700. The van der Waals surface area contributed by atoms with Crippen molar-refractivity contribution in [1.82, 2.24) is 0 Å². The Morgan fingerprint density at radius 1 is 1.29 bits per heavy atom. The van der Waals surface area contributed by atoms with E-state index in [4.69, 9.17) is 23.2 Å². The molecule has 17 heavy (non-hydrogen) atoms. The topological polar surface area (TPSA) is 3.24 Å². The Labute approximate surface area is 116 Å². The molecule has 0 amide bonds. The quantitative estimate of drug-likeness (QED) is 0.731. The molecule has 0 N–H and O–H groups in total. The lowest BCUT2D eigenvalue weighted by molar-refractivity contribution is 0.927. The zero-order chi connectivity index (χ0) is 12.3. The standard InChI is InChI=1S/C13H13Cl2NS/c1-16(8-10-4-5-17-9-10)12-3-2-11(7-14)13(15)6-12/h2-6,9H,7-8H2,1H3. The number of nitrogens with zero attached hydrogens (tertiary/aromatic N) is 1. The van der Waals surface area contributed by atoms with Crippen molar-refractivity contribution in [2.75, 3.05) is 11.9 Å². The van der Waals surface area contributed by atoms with Crippen LogP contribution < -0.4 is 4.90 Å². The molecule has 0 spiro atoms. The SMILES string of the molecule is CN(Cc1ccsc1)c1ccc(CCl)c(Cl)c1. The molecule has 0 saturated carbocycles.